The van der Waals surface area contributed by atoms with Crippen molar-refractivity contribution in [2.75, 3.05) is 6.54 Å². The van der Waals surface area contributed by atoms with Crippen LogP contribution in [0.15, 0.2) is 34.7 Å². The molecule has 4 nitrogen and oxygen atoms in total. The van der Waals surface area contributed by atoms with E-state index in [-0.39, 0.29) is 12.5 Å². The molecule has 6 heteroatoms. The third-order valence-electron chi connectivity index (χ3n) is 4.34. The van der Waals surface area contributed by atoms with Gasteiger partial charge in [0, 0.05) is 25.2 Å². The summed E-state index contributed by atoms with van der Waals surface area (Å²) in [5.74, 6) is -1.27. The van der Waals surface area contributed by atoms with E-state index in [0.717, 1.165) is 42.7 Å². The van der Waals surface area contributed by atoms with Crippen molar-refractivity contribution in [3.63, 3.8) is 0 Å². The molecule has 26 heavy (non-hydrogen) atoms. The summed E-state index contributed by atoms with van der Waals surface area (Å²) in [6.07, 6.45) is 3.05. The highest BCUT2D eigenvalue weighted by Crippen LogP contribution is 2.25. The van der Waals surface area contributed by atoms with Crippen LogP contribution in [0.1, 0.15) is 48.0 Å². The number of benzene rings is 1. The van der Waals surface area contributed by atoms with Crippen molar-refractivity contribution in [3.05, 3.63) is 59.0 Å². The molecule has 0 saturated heterocycles. The number of rotatable bonds is 7. The zero-order valence-electron chi connectivity index (χ0n) is 14.9. The van der Waals surface area contributed by atoms with E-state index in [9.17, 15) is 13.6 Å². The number of hydrogen-bond acceptors (Lipinski definition) is 2. The molecule has 0 spiro atoms. The van der Waals surface area contributed by atoms with Crippen molar-refractivity contribution in [2.24, 2.45) is 0 Å². The van der Waals surface area contributed by atoms with Gasteiger partial charge in [-0.3, -0.25) is 4.79 Å². The number of nitrogens with one attached hydrogen (secondary N) is 1. The average molecular weight is 360 g/mol. The van der Waals surface area contributed by atoms with E-state index in [4.69, 9.17) is 4.42 Å². The largest absolute Gasteiger partial charge is 0.460 e. The monoisotopic (exact) mass is 360 g/mol. The van der Waals surface area contributed by atoms with E-state index in [1.165, 1.54) is 6.07 Å². The predicted molar refractivity (Wildman–Crippen MR) is 96.3 cm³/mol. The Kier molecular flexibility index (Phi) is 5.40. The van der Waals surface area contributed by atoms with Gasteiger partial charge in [-0.15, -0.1) is 0 Å². The third-order valence-corrected chi connectivity index (χ3v) is 4.34. The van der Waals surface area contributed by atoms with Crippen LogP contribution in [0.2, 0.25) is 0 Å². The molecule has 0 saturated carbocycles. The fourth-order valence-corrected chi connectivity index (χ4v) is 3.01. The van der Waals surface area contributed by atoms with Crippen molar-refractivity contribution < 1.29 is 18.0 Å². The Bertz CT molecular complexity index is 927. The van der Waals surface area contributed by atoms with Crippen LogP contribution in [0.5, 0.6) is 0 Å². The zero-order chi connectivity index (χ0) is 18.7. The maximum absolute atomic E-state index is 13.5. The molecule has 2 heterocycles. The number of hydrogen-bond donors (Lipinski definition) is 1. The Balaban J connectivity index is 1.90. The summed E-state index contributed by atoms with van der Waals surface area (Å²) in [6, 6.07) is 7.29. The highest BCUT2D eigenvalue weighted by Gasteiger charge is 2.19. The highest BCUT2D eigenvalue weighted by molar-refractivity contribution is 5.97. The molecular formula is C20H22F2N2O2. The molecule has 0 radical (unpaired) electrons. The predicted octanol–water partition coefficient (Wildman–Crippen LogP) is 4.79. The van der Waals surface area contributed by atoms with Crippen LogP contribution in [0, 0.1) is 18.6 Å². The lowest BCUT2D eigenvalue weighted by molar-refractivity contribution is 0.0944. The Hall–Kier alpha value is -2.63. The Morgan fingerprint density at radius 2 is 1.96 bits per heavy atom. The molecule has 0 atom stereocenters. The first-order valence-electron chi connectivity index (χ1n) is 8.81. The molecule has 1 amide bonds. The number of fused-ring (bicyclic) bond motifs is 1. The summed E-state index contributed by atoms with van der Waals surface area (Å²) >= 11 is 0. The topological polar surface area (TPSA) is 47.2 Å². The molecule has 0 unspecified atom stereocenters. The van der Waals surface area contributed by atoms with E-state index in [1.54, 1.807) is 10.6 Å². The van der Waals surface area contributed by atoms with Crippen LogP contribution >= 0.6 is 0 Å². The maximum Gasteiger partial charge on any atom is 0.268 e. The molecule has 0 aliphatic carbocycles. The second-order valence-corrected chi connectivity index (χ2v) is 6.43. The molecule has 0 aliphatic heterocycles. The molecular weight excluding hydrogens is 338 g/mol. The summed E-state index contributed by atoms with van der Waals surface area (Å²) in [5.41, 5.74) is 2.37. The van der Waals surface area contributed by atoms with Crippen molar-refractivity contribution in [1.29, 1.82) is 0 Å². The minimum absolute atomic E-state index is 0.201. The Labute approximate surface area is 150 Å². The van der Waals surface area contributed by atoms with E-state index < -0.39 is 11.6 Å². The SMILES string of the molecule is CCCCCNC(=O)c1cc2oc(C)cc2n1Cc1ccc(F)c(F)c1. The maximum atomic E-state index is 13.5. The second-order valence-electron chi connectivity index (χ2n) is 6.43. The van der Waals surface area contributed by atoms with Gasteiger partial charge in [-0.25, -0.2) is 8.78 Å². The quantitative estimate of drug-likeness (QED) is 0.616. The number of halogens is 2. The summed E-state index contributed by atoms with van der Waals surface area (Å²) in [4.78, 5) is 12.6. The molecule has 138 valence electrons. The average Bonchev–Trinajstić information content (AvgIpc) is 3.12. The minimum atomic E-state index is -0.903. The zero-order valence-corrected chi connectivity index (χ0v) is 14.9. The Morgan fingerprint density at radius 1 is 1.15 bits per heavy atom. The minimum Gasteiger partial charge on any atom is -0.460 e. The van der Waals surface area contributed by atoms with E-state index in [0.29, 0.717) is 23.4 Å². The lowest BCUT2D eigenvalue weighted by atomic mass is 10.2. The van der Waals surface area contributed by atoms with Gasteiger partial charge in [0.2, 0.25) is 0 Å². The van der Waals surface area contributed by atoms with Crippen molar-refractivity contribution in [3.8, 4) is 0 Å². The van der Waals surface area contributed by atoms with Gasteiger partial charge >= 0.3 is 0 Å². The molecule has 3 rings (SSSR count). The standard InChI is InChI=1S/C20H22F2N2O2/c1-3-4-5-8-23-20(25)18-11-19-17(9-13(2)26-19)24(18)12-14-6-7-15(21)16(22)10-14/h6-7,9-11H,3-5,8,12H2,1-2H3,(H,23,25). The van der Waals surface area contributed by atoms with E-state index in [2.05, 4.69) is 12.2 Å². The molecule has 1 N–H and O–H groups in total. The second kappa shape index (κ2) is 7.72. The first-order chi connectivity index (χ1) is 12.5. The number of carbonyl (C=O) groups excluding carboxylic acids is 1. The highest BCUT2D eigenvalue weighted by atomic mass is 19.2. The van der Waals surface area contributed by atoms with Gasteiger partial charge < -0.3 is 14.3 Å². The van der Waals surface area contributed by atoms with Gasteiger partial charge in [0.15, 0.2) is 17.2 Å². The van der Waals surface area contributed by atoms with Gasteiger partial charge in [-0.1, -0.05) is 25.8 Å². The fraction of sp³-hybridized carbons (Fsp3) is 0.350. The van der Waals surface area contributed by atoms with E-state index in [1.807, 2.05) is 13.0 Å². The van der Waals surface area contributed by atoms with E-state index >= 15 is 0 Å². The number of amides is 1. The number of furan rings is 1. The molecule has 0 bridgehead atoms. The van der Waals surface area contributed by atoms with Crippen molar-refractivity contribution in [1.82, 2.24) is 9.88 Å². The third kappa shape index (κ3) is 3.79. The first-order valence-corrected chi connectivity index (χ1v) is 8.81. The van der Waals surface area contributed by atoms with Gasteiger partial charge in [0.05, 0.1) is 5.52 Å². The molecule has 3 aromatic rings. The lowest BCUT2D eigenvalue weighted by Gasteiger charge is -2.11. The summed E-state index contributed by atoms with van der Waals surface area (Å²) in [5, 5.41) is 2.91. The van der Waals surface area contributed by atoms with Crippen LogP contribution in [0.4, 0.5) is 8.78 Å². The smallest absolute Gasteiger partial charge is 0.268 e. The van der Waals surface area contributed by atoms with Crippen LogP contribution in [-0.4, -0.2) is 17.0 Å². The van der Waals surface area contributed by atoms with Crippen molar-refractivity contribution in [2.45, 2.75) is 39.7 Å². The van der Waals surface area contributed by atoms with Gasteiger partial charge in [-0.05, 0) is 31.0 Å². The molecule has 0 fully saturated rings. The molecule has 0 aliphatic rings. The molecule has 2 aromatic heterocycles. The van der Waals surface area contributed by atoms with Gasteiger partial charge in [0.1, 0.15) is 11.5 Å². The van der Waals surface area contributed by atoms with Crippen molar-refractivity contribution >= 4 is 17.0 Å². The number of carbonyl (C=O) groups is 1. The summed E-state index contributed by atoms with van der Waals surface area (Å²) in [7, 11) is 0. The number of unbranched alkanes of at least 4 members (excludes halogenated alkanes) is 2. The van der Waals surface area contributed by atoms with Crippen LogP contribution in [-0.2, 0) is 6.54 Å². The van der Waals surface area contributed by atoms with Crippen LogP contribution in [0.25, 0.3) is 11.1 Å². The lowest BCUT2D eigenvalue weighted by Crippen LogP contribution is -2.27. The van der Waals surface area contributed by atoms with Crippen LogP contribution < -0.4 is 5.32 Å². The van der Waals surface area contributed by atoms with Gasteiger partial charge in [0.25, 0.3) is 5.91 Å². The number of aryl methyl sites for hydroxylation is 1. The number of nitrogens with zero attached hydrogens (tertiary/aromatic N) is 1. The Morgan fingerprint density at radius 3 is 2.69 bits per heavy atom. The normalized spacial score (nSPS) is 11.2. The van der Waals surface area contributed by atoms with Crippen LogP contribution in [0.3, 0.4) is 0 Å². The first kappa shape index (κ1) is 18.2. The summed E-state index contributed by atoms with van der Waals surface area (Å²) in [6.45, 7) is 4.78. The van der Waals surface area contributed by atoms with Gasteiger partial charge in [-0.2, -0.15) is 0 Å². The number of aromatic nitrogens is 1. The molecule has 1 aromatic carbocycles. The summed E-state index contributed by atoms with van der Waals surface area (Å²) < 4.78 is 34.1. The fourth-order valence-electron chi connectivity index (χ4n) is 3.01.